The maximum absolute atomic E-state index is 12.9. The summed E-state index contributed by atoms with van der Waals surface area (Å²) in [4.78, 5) is 83.3. The van der Waals surface area contributed by atoms with Crippen molar-refractivity contribution in [2.75, 3.05) is 0 Å². The van der Waals surface area contributed by atoms with Crippen LogP contribution in [0.5, 0.6) is 0 Å². The van der Waals surface area contributed by atoms with Crippen LogP contribution in [-0.2, 0) is 40.0 Å². The van der Waals surface area contributed by atoms with E-state index in [-0.39, 0.29) is 19.3 Å². The highest BCUT2D eigenvalue weighted by Crippen LogP contribution is 2.05. The molecule has 1 aromatic rings. The molecule has 0 spiro atoms. The average Bonchev–Trinajstić information content (AvgIpc) is 2.80. The Balaban J connectivity index is 3.01. The van der Waals surface area contributed by atoms with Gasteiger partial charge in [0.2, 0.25) is 35.4 Å². The highest BCUT2D eigenvalue weighted by molar-refractivity contribution is 5.96. The van der Waals surface area contributed by atoms with Gasteiger partial charge in [0, 0.05) is 6.42 Å². The molecule has 0 bridgehead atoms. The van der Waals surface area contributed by atoms with Gasteiger partial charge in [-0.15, -0.1) is 0 Å². The van der Waals surface area contributed by atoms with Crippen molar-refractivity contribution >= 4 is 41.4 Å². The number of carbonyl (C=O) groups excluding carboxylic acids is 6. The van der Waals surface area contributed by atoms with Crippen molar-refractivity contribution in [1.82, 2.24) is 16.0 Å². The van der Waals surface area contributed by atoms with E-state index in [2.05, 4.69) is 10.6 Å². The summed E-state index contributed by atoms with van der Waals surface area (Å²) in [5.41, 5.74) is 21.9. The lowest BCUT2D eigenvalue weighted by atomic mass is 10.0. The smallest absolute Gasteiger partial charge is 0.326 e. The molecular weight excluding hydrogens is 490 g/mol. The molecule has 4 atom stereocenters. The number of carbonyl (C=O) groups is 7. The number of primary amides is 3. The Hall–Kier alpha value is -4.53. The number of amides is 6. The molecule has 0 fully saturated rings. The minimum absolute atomic E-state index is 0.123. The van der Waals surface area contributed by atoms with E-state index in [9.17, 15) is 38.7 Å². The fourth-order valence-electron chi connectivity index (χ4n) is 3.15. The van der Waals surface area contributed by atoms with Crippen LogP contribution < -0.4 is 38.9 Å². The van der Waals surface area contributed by atoms with Crippen LogP contribution in [0.2, 0.25) is 0 Å². The first kappa shape index (κ1) is 30.5. The van der Waals surface area contributed by atoms with Crippen LogP contribution in [0.1, 0.15) is 31.2 Å². The molecule has 0 heterocycles. The summed E-state index contributed by atoms with van der Waals surface area (Å²) in [7, 11) is 0. The van der Waals surface area contributed by atoms with Gasteiger partial charge in [-0.25, -0.2) is 4.79 Å². The number of rotatable bonds is 16. The Morgan fingerprint density at radius 3 is 1.70 bits per heavy atom. The summed E-state index contributed by atoms with van der Waals surface area (Å²) >= 11 is 0. The second-order valence-electron chi connectivity index (χ2n) is 8.16. The van der Waals surface area contributed by atoms with Gasteiger partial charge in [0.25, 0.3) is 0 Å². The monoisotopic (exact) mass is 521 g/mol. The van der Waals surface area contributed by atoms with E-state index in [1.165, 1.54) is 0 Å². The summed E-state index contributed by atoms with van der Waals surface area (Å²) in [5.74, 6) is -7.26. The van der Waals surface area contributed by atoms with Crippen LogP contribution in [0.15, 0.2) is 30.3 Å². The molecule has 0 aliphatic rings. The maximum Gasteiger partial charge on any atom is 0.326 e. The van der Waals surface area contributed by atoms with Gasteiger partial charge in [-0.05, 0) is 18.4 Å². The molecule has 12 N–H and O–H groups in total. The molecule has 0 saturated heterocycles. The van der Waals surface area contributed by atoms with E-state index in [4.69, 9.17) is 22.9 Å². The minimum atomic E-state index is -1.71. The maximum atomic E-state index is 12.9. The molecule has 0 aliphatic carbocycles. The number of hydrogen-bond donors (Lipinski definition) is 8. The summed E-state index contributed by atoms with van der Waals surface area (Å²) in [6.07, 6.45) is -2.02. The van der Waals surface area contributed by atoms with E-state index in [0.717, 1.165) is 5.56 Å². The third kappa shape index (κ3) is 11.6. The lowest BCUT2D eigenvalue weighted by Gasteiger charge is -2.24. The predicted molar refractivity (Wildman–Crippen MR) is 128 cm³/mol. The average molecular weight is 522 g/mol. The van der Waals surface area contributed by atoms with Crippen LogP contribution in [0.25, 0.3) is 0 Å². The first-order chi connectivity index (χ1) is 17.3. The Morgan fingerprint density at radius 2 is 1.19 bits per heavy atom. The molecule has 37 heavy (non-hydrogen) atoms. The molecule has 0 aromatic heterocycles. The van der Waals surface area contributed by atoms with Crippen LogP contribution in [0.4, 0.5) is 0 Å². The Labute approximate surface area is 211 Å². The van der Waals surface area contributed by atoms with Gasteiger partial charge in [-0.3, -0.25) is 28.8 Å². The van der Waals surface area contributed by atoms with Crippen LogP contribution >= 0.6 is 0 Å². The van der Waals surface area contributed by atoms with E-state index in [1.54, 1.807) is 30.3 Å². The SMILES string of the molecule is NC(=O)CCC(NC(=O)C(CC(N)=O)NC(=O)C(N)Cc1ccccc1)C(=O)NC(CC(N)=O)C(=O)O. The molecule has 6 amide bonds. The summed E-state index contributed by atoms with van der Waals surface area (Å²) in [6.45, 7) is 0. The highest BCUT2D eigenvalue weighted by atomic mass is 16.4. The Bertz CT molecular complexity index is 1020. The number of carboxylic acids is 1. The standard InChI is InChI=1S/C22H31N7O8/c23-12(8-11-4-2-1-3-5-11)19(33)28-14(9-17(25)31)21(35)27-13(6-7-16(24)30)20(34)29-15(22(36)37)10-18(26)32/h1-5,12-15H,6-10,23H2,(H2,24,30)(H2,25,31)(H2,26,32)(H,27,35)(H,28,33)(H,29,34)(H,36,37). The molecule has 15 heteroatoms. The van der Waals surface area contributed by atoms with Gasteiger partial charge >= 0.3 is 5.97 Å². The third-order valence-electron chi connectivity index (χ3n) is 5.01. The minimum Gasteiger partial charge on any atom is -0.480 e. The van der Waals surface area contributed by atoms with Gasteiger partial charge in [0.05, 0.1) is 18.9 Å². The molecular formula is C22H31N7O8. The van der Waals surface area contributed by atoms with Crippen molar-refractivity contribution in [2.45, 2.75) is 56.3 Å². The highest BCUT2D eigenvalue weighted by Gasteiger charge is 2.31. The second-order valence-corrected chi connectivity index (χ2v) is 8.16. The van der Waals surface area contributed by atoms with Crippen LogP contribution in [0.3, 0.4) is 0 Å². The Morgan fingerprint density at radius 1 is 0.703 bits per heavy atom. The summed E-state index contributed by atoms with van der Waals surface area (Å²) in [5, 5.41) is 15.8. The zero-order chi connectivity index (χ0) is 28.1. The van der Waals surface area contributed by atoms with Crippen molar-refractivity contribution in [3.63, 3.8) is 0 Å². The van der Waals surface area contributed by atoms with Gasteiger partial charge < -0.3 is 44.0 Å². The first-order valence-corrected chi connectivity index (χ1v) is 11.1. The number of nitrogens with two attached hydrogens (primary N) is 4. The lowest BCUT2D eigenvalue weighted by Crippen LogP contribution is -2.58. The normalized spacial score (nSPS) is 13.8. The van der Waals surface area contributed by atoms with E-state index >= 15 is 0 Å². The molecule has 4 unspecified atom stereocenters. The topological polar surface area (TPSA) is 280 Å². The number of aliphatic carboxylic acids is 1. The summed E-state index contributed by atoms with van der Waals surface area (Å²) < 4.78 is 0. The number of nitrogens with one attached hydrogen (secondary N) is 3. The van der Waals surface area contributed by atoms with Crippen molar-refractivity contribution in [3.8, 4) is 0 Å². The van der Waals surface area contributed by atoms with Crippen LogP contribution in [-0.4, -0.2) is 70.7 Å². The molecule has 1 aromatic carbocycles. The molecule has 1 rings (SSSR count). The quantitative estimate of drug-likeness (QED) is 0.105. The first-order valence-electron chi connectivity index (χ1n) is 11.1. The van der Waals surface area contributed by atoms with E-state index < -0.39 is 78.4 Å². The largest absolute Gasteiger partial charge is 0.480 e. The fourth-order valence-corrected chi connectivity index (χ4v) is 3.15. The Kier molecular flexibility index (Phi) is 12.2. The van der Waals surface area contributed by atoms with Crippen molar-refractivity contribution in [3.05, 3.63) is 35.9 Å². The van der Waals surface area contributed by atoms with Crippen LogP contribution in [0, 0.1) is 0 Å². The van der Waals surface area contributed by atoms with Crippen molar-refractivity contribution < 1.29 is 38.7 Å². The zero-order valence-electron chi connectivity index (χ0n) is 19.8. The van der Waals surface area contributed by atoms with Crippen molar-refractivity contribution in [1.29, 1.82) is 0 Å². The van der Waals surface area contributed by atoms with E-state index in [0.29, 0.717) is 0 Å². The number of hydrogen-bond acceptors (Lipinski definition) is 8. The van der Waals surface area contributed by atoms with E-state index in [1.807, 2.05) is 5.32 Å². The van der Waals surface area contributed by atoms with Gasteiger partial charge in [-0.2, -0.15) is 0 Å². The molecule has 0 aliphatic heterocycles. The van der Waals surface area contributed by atoms with Gasteiger partial charge in [0.15, 0.2) is 0 Å². The fraction of sp³-hybridized carbons (Fsp3) is 0.409. The second kappa shape index (κ2) is 14.8. The van der Waals surface area contributed by atoms with Crippen molar-refractivity contribution in [2.24, 2.45) is 22.9 Å². The summed E-state index contributed by atoms with van der Waals surface area (Å²) in [6, 6.07) is 2.88. The predicted octanol–water partition coefficient (Wildman–Crippen LogP) is -3.89. The third-order valence-corrected chi connectivity index (χ3v) is 5.01. The number of benzene rings is 1. The molecule has 202 valence electrons. The number of carboxylic acid groups (broad SMARTS) is 1. The van der Waals surface area contributed by atoms with Gasteiger partial charge in [-0.1, -0.05) is 30.3 Å². The molecule has 0 saturated carbocycles. The lowest BCUT2D eigenvalue weighted by molar-refractivity contribution is -0.144. The zero-order valence-corrected chi connectivity index (χ0v) is 19.8. The molecule has 15 nitrogen and oxygen atoms in total. The molecule has 0 radical (unpaired) electrons. The van der Waals surface area contributed by atoms with Gasteiger partial charge in [0.1, 0.15) is 18.1 Å².